The van der Waals surface area contributed by atoms with E-state index in [4.69, 9.17) is 15.2 Å². The molecule has 112 valence electrons. The number of ether oxygens (including phenoxy) is 2. The zero-order valence-corrected chi connectivity index (χ0v) is 11.1. The number of anilines is 1. The van der Waals surface area contributed by atoms with Gasteiger partial charge < -0.3 is 15.2 Å². The first-order chi connectivity index (χ1) is 9.95. The Hall–Kier alpha value is -2.37. The van der Waals surface area contributed by atoms with E-state index in [1.54, 1.807) is 12.1 Å². The summed E-state index contributed by atoms with van der Waals surface area (Å²) >= 11 is 0. The molecule has 0 aliphatic heterocycles. The van der Waals surface area contributed by atoms with Gasteiger partial charge in [-0.15, -0.1) is 0 Å². The third-order valence-electron chi connectivity index (χ3n) is 2.62. The third kappa shape index (κ3) is 4.59. The number of rotatable bonds is 5. The number of benzene rings is 2. The molecule has 2 N–H and O–H groups in total. The minimum Gasteiger partial charge on any atom is -0.490 e. The lowest BCUT2D eigenvalue weighted by molar-refractivity contribution is -0.137. The second-order valence-electron chi connectivity index (χ2n) is 4.30. The molecule has 0 aliphatic carbocycles. The van der Waals surface area contributed by atoms with Crippen molar-refractivity contribution in [3.63, 3.8) is 0 Å². The fraction of sp³-hybridized carbons (Fsp3) is 0.200. The number of hydrogen-bond donors (Lipinski definition) is 1. The summed E-state index contributed by atoms with van der Waals surface area (Å²) in [6.45, 7) is 0.343. The predicted octanol–water partition coefficient (Wildman–Crippen LogP) is 3.75. The number of para-hydroxylation sites is 1. The van der Waals surface area contributed by atoms with E-state index >= 15 is 0 Å². The van der Waals surface area contributed by atoms with Crippen LogP contribution in [0.15, 0.2) is 48.5 Å². The first-order valence-electron chi connectivity index (χ1n) is 6.23. The minimum atomic E-state index is -4.45. The largest absolute Gasteiger partial charge is 0.490 e. The van der Waals surface area contributed by atoms with Gasteiger partial charge in [-0.3, -0.25) is 0 Å². The predicted molar refractivity (Wildman–Crippen MR) is 73.3 cm³/mol. The van der Waals surface area contributed by atoms with Gasteiger partial charge in [0.2, 0.25) is 0 Å². The lowest BCUT2D eigenvalue weighted by Crippen LogP contribution is -2.11. The molecule has 0 unspecified atom stereocenters. The lowest BCUT2D eigenvalue weighted by Gasteiger charge is -2.12. The average Bonchev–Trinajstić information content (AvgIpc) is 2.43. The molecular weight excluding hydrogens is 283 g/mol. The van der Waals surface area contributed by atoms with Crippen molar-refractivity contribution in [2.75, 3.05) is 18.9 Å². The van der Waals surface area contributed by atoms with Crippen molar-refractivity contribution >= 4 is 5.69 Å². The summed E-state index contributed by atoms with van der Waals surface area (Å²) in [6.07, 6.45) is -4.45. The van der Waals surface area contributed by atoms with Crippen molar-refractivity contribution < 1.29 is 22.6 Å². The quantitative estimate of drug-likeness (QED) is 0.675. The maximum absolute atomic E-state index is 12.6. The van der Waals surface area contributed by atoms with E-state index in [0.717, 1.165) is 12.1 Å². The van der Waals surface area contributed by atoms with Crippen molar-refractivity contribution in [3.05, 3.63) is 54.1 Å². The molecule has 0 bridgehead atoms. The highest BCUT2D eigenvalue weighted by molar-refractivity contribution is 5.48. The summed E-state index contributed by atoms with van der Waals surface area (Å²) in [5.41, 5.74) is 4.61. The van der Waals surface area contributed by atoms with Crippen LogP contribution in [0.25, 0.3) is 0 Å². The van der Waals surface area contributed by atoms with Crippen LogP contribution in [0.4, 0.5) is 18.9 Å². The maximum atomic E-state index is 12.6. The van der Waals surface area contributed by atoms with E-state index in [2.05, 4.69) is 0 Å². The average molecular weight is 297 g/mol. The summed E-state index contributed by atoms with van der Waals surface area (Å²) in [5, 5.41) is 0. The van der Waals surface area contributed by atoms with Gasteiger partial charge in [0.15, 0.2) is 0 Å². The molecule has 2 aromatic rings. The van der Waals surface area contributed by atoms with Gasteiger partial charge in [0, 0.05) is 11.8 Å². The fourth-order valence-corrected chi connectivity index (χ4v) is 1.70. The molecular formula is C15H14F3NO2. The summed E-state index contributed by atoms with van der Waals surface area (Å²) in [7, 11) is 0. The van der Waals surface area contributed by atoms with Gasteiger partial charge in [0.1, 0.15) is 24.7 Å². The van der Waals surface area contributed by atoms with Gasteiger partial charge in [-0.2, -0.15) is 13.2 Å². The number of nitrogens with two attached hydrogens (primary N) is 1. The second kappa shape index (κ2) is 6.39. The molecule has 0 saturated carbocycles. The summed E-state index contributed by atoms with van der Waals surface area (Å²) in [6, 6.07) is 12.2. The van der Waals surface area contributed by atoms with Crippen LogP contribution in [0.3, 0.4) is 0 Å². The van der Waals surface area contributed by atoms with Gasteiger partial charge >= 0.3 is 6.18 Å². The van der Waals surface area contributed by atoms with Crippen LogP contribution in [-0.2, 0) is 6.18 Å². The highest BCUT2D eigenvalue weighted by atomic mass is 19.4. The molecule has 0 amide bonds. The van der Waals surface area contributed by atoms with E-state index in [9.17, 15) is 13.2 Å². The Labute approximate surface area is 120 Å². The smallest absolute Gasteiger partial charge is 0.416 e. The molecule has 0 saturated heterocycles. The first kappa shape index (κ1) is 15.0. The molecule has 3 nitrogen and oxygen atoms in total. The zero-order valence-electron chi connectivity index (χ0n) is 11.1. The minimum absolute atomic E-state index is 0.00352. The van der Waals surface area contributed by atoms with Crippen molar-refractivity contribution in [1.82, 2.24) is 0 Å². The lowest BCUT2D eigenvalue weighted by atomic mass is 10.2. The number of hydrogen-bond acceptors (Lipinski definition) is 3. The Balaban J connectivity index is 1.90. The topological polar surface area (TPSA) is 44.5 Å². The molecule has 0 spiro atoms. The molecule has 6 heteroatoms. The van der Waals surface area contributed by atoms with Gasteiger partial charge in [0.05, 0.1) is 5.56 Å². The van der Waals surface area contributed by atoms with Crippen LogP contribution in [-0.4, -0.2) is 13.2 Å². The highest BCUT2D eigenvalue weighted by Crippen LogP contribution is 2.33. The Kier molecular flexibility index (Phi) is 4.57. The summed E-state index contributed by atoms with van der Waals surface area (Å²) in [4.78, 5) is 0. The zero-order chi connectivity index (χ0) is 15.3. The molecule has 0 radical (unpaired) electrons. The van der Waals surface area contributed by atoms with Gasteiger partial charge in [0.25, 0.3) is 0 Å². The number of alkyl halides is 3. The van der Waals surface area contributed by atoms with Crippen LogP contribution < -0.4 is 15.2 Å². The van der Waals surface area contributed by atoms with Crippen LogP contribution in [0.5, 0.6) is 11.5 Å². The molecule has 0 atom stereocenters. The van der Waals surface area contributed by atoms with Crippen LogP contribution in [0.1, 0.15) is 5.56 Å². The Bertz CT molecular complexity index is 585. The van der Waals surface area contributed by atoms with Crippen LogP contribution in [0.2, 0.25) is 0 Å². The molecule has 2 rings (SSSR count). The van der Waals surface area contributed by atoms with Gasteiger partial charge in [-0.1, -0.05) is 18.2 Å². The van der Waals surface area contributed by atoms with Crippen molar-refractivity contribution in [1.29, 1.82) is 0 Å². The SMILES string of the molecule is Nc1cc(OCCOc2ccccc2)cc(C(F)(F)F)c1. The van der Waals surface area contributed by atoms with E-state index < -0.39 is 11.7 Å². The van der Waals surface area contributed by atoms with E-state index in [0.29, 0.717) is 5.75 Å². The number of halogens is 3. The molecule has 0 fully saturated rings. The molecule has 0 heterocycles. The maximum Gasteiger partial charge on any atom is 0.416 e. The Morgan fingerprint density at radius 3 is 2.10 bits per heavy atom. The van der Waals surface area contributed by atoms with E-state index in [1.807, 2.05) is 18.2 Å². The van der Waals surface area contributed by atoms with Gasteiger partial charge in [-0.25, -0.2) is 0 Å². The van der Waals surface area contributed by atoms with Crippen molar-refractivity contribution in [2.24, 2.45) is 0 Å². The van der Waals surface area contributed by atoms with Crippen LogP contribution in [0, 0.1) is 0 Å². The van der Waals surface area contributed by atoms with Crippen molar-refractivity contribution in [3.8, 4) is 11.5 Å². The highest BCUT2D eigenvalue weighted by Gasteiger charge is 2.31. The summed E-state index contributed by atoms with van der Waals surface area (Å²) in [5.74, 6) is 0.739. The standard InChI is InChI=1S/C15H14F3NO2/c16-15(17,18)11-8-12(19)10-14(9-11)21-7-6-20-13-4-2-1-3-5-13/h1-5,8-10H,6-7,19H2. The van der Waals surface area contributed by atoms with E-state index in [-0.39, 0.29) is 24.7 Å². The first-order valence-corrected chi connectivity index (χ1v) is 6.23. The number of nitrogen functional groups attached to an aromatic ring is 1. The fourth-order valence-electron chi connectivity index (χ4n) is 1.70. The third-order valence-corrected chi connectivity index (χ3v) is 2.62. The monoisotopic (exact) mass is 297 g/mol. The molecule has 21 heavy (non-hydrogen) atoms. The van der Waals surface area contributed by atoms with Gasteiger partial charge in [-0.05, 0) is 24.3 Å². The Morgan fingerprint density at radius 1 is 0.857 bits per heavy atom. The summed E-state index contributed by atoms with van der Waals surface area (Å²) < 4.78 is 48.5. The molecule has 2 aromatic carbocycles. The Morgan fingerprint density at radius 2 is 1.48 bits per heavy atom. The normalized spacial score (nSPS) is 11.2. The molecule has 0 aliphatic rings. The van der Waals surface area contributed by atoms with Crippen molar-refractivity contribution in [2.45, 2.75) is 6.18 Å². The van der Waals surface area contributed by atoms with Crippen LogP contribution >= 0.6 is 0 Å². The molecule has 0 aromatic heterocycles. The van der Waals surface area contributed by atoms with E-state index in [1.165, 1.54) is 6.07 Å². The second-order valence-corrected chi connectivity index (χ2v) is 4.30.